The molecule has 0 bridgehead atoms. The number of rotatable bonds is 6. The van der Waals surface area contributed by atoms with Crippen LogP contribution in [0.15, 0.2) is 6.33 Å². The van der Waals surface area contributed by atoms with E-state index in [0.29, 0.717) is 0 Å². The van der Waals surface area contributed by atoms with Gasteiger partial charge in [0.05, 0.1) is 0 Å². The summed E-state index contributed by atoms with van der Waals surface area (Å²) >= 11 is 0. The second-order valence-electron chi connectivity index (χ2n) is 5.38. The lowest BCUT2D eigenvalue weighted by molar-refractivity contribution is 0.713. The second kappa shape index (κ2) is 5.55. The molecule has 1 fully saturated rings. The van der Waals surface area contributed by atoms with Crippen LogP contribution in [-0.2, 0) is 6.42 Å². The molecule has 2 rings (SSSR count). The molecule has 0 spiro atoms. The highest BCUT2D eigenvalue weighted by Crippen LogP contribution is 2.39. The molecule has 1 saturated carbocycles. The molecule has 2 atom stereocenters. The van der Waals surface area contributed by atoms with E-state index in [2.05, 4.69) is 41.1 Å². The Morgan fingerprint density at radius 1 is 1.44 bits per heavy atom. The van der Waals surface area contributed by atoms with Crippen molar-refractivity contribution >= 4 is 11.6 Å². The summed E-state index contributed by atoms with van der Waals surface area (Å²) in [6.07, 6.45) is 5.16. The van der Waals surface area contributed by atoms with Crippen LogP contribution in [0.5, 0.6) is 0 Å². The Bertz CT molecular complexity index is 405. The first-order valence-corrected chi connectivity index (χ1v) is 6.90. The molecule has 4 heteroatoms. The predicted molar refractivity (Wildman–Crippen MR) is 76.1 cm³/mol. The van der Waals surface area contributed by atoms with Crippen LogP contribution in [0.3, 0.4) is 0 Å². The van der Waals surface area contributed by atoms with Gasteiger partial charge in [0, 0.05) is 26.2 Å². The van der Waals surface area contributed by atoms with Crippen LogP contribution in [0, 0.1) is 11.8 Å². The highest BCUT2D eigenvalue weighted by Gasteiger charge is 2.33. The molecule has 1 heterocycles. The molecule has 1 N–H and O–H groups in total. The summed E-state index contributed by atoms with van der Waals surface area (Å²) in [4.78, 5) is 11.1. The number of aromatic nitrogens is 2. The zero-order chi connectivity index (χ0) is 13.1. The number of hydrogen-bond acceptors (Lipinski definition) is 4. The van der Waals surface area contributed by atoms with Crippen molar-refractivity contribution in [3.05, 3.63) is 11.9 Å². The minimum atomic E-state index is 0.845. The highest BCUT2D eigenvalue weighted by molar-refractivity contribution is 5.58. The molecule has 1 aliphatic carbocycles. The number of nitrogens with one attached hydrogen (secondary N) is 1. The van der Waals surface area contributed by atoms with Crippen LogP contribution in [0.1, 0.15) is 32.3 Å². The molecule has 100 valence electrons. The fraction of sp³-hybridized carbons (Fsp3) is 0.714. The van der Waals surface area contributed by atoms with Crippen LogP contribution in [0.25, 0.3) is 0 Å². The smallest absolute Gasteiger partial charge is 0.137 e. The van der Waals surface area contributed by atoms with Crippen molar-refractivity contribution < 1.29 is 0 Å². The third-order valence-electron chi connectivity index (χ3n) is 3.81. The standard InChI is InChI=1S/C14H24N4/c1-5-6-12-13(15-3)16-9-17-14(12)18(4)8-11-7-10(11)2/h9-11H,5-8H2,1-4H3,(H,15,16,17). The number of anilines is 2. The fourth-order valence-corrected chi connectivity index (χ4v) is 2.52. The normalized spacial score (nSPS) is 21.8. The molecule has 0 aliphatic heterocycles. The van der Waals surface area contributed by atoms with Gasteiger partial charge in [0.2, 0.25) is 0 Å². The van der Waals surface area contributed by atoms with Crippen molar-refractivity contribution in [2.45, 2.75) is 33.1 Å². The minimum Gasteiger partial charge on any atom is -0.373 e. The number of nitrogens with zero attached hydrogens (tertiary/aromatic N) is 3. The Morgan fingerprint density at radius 3 is 2.72 bits per heavy atom. The van der Waals surface area contributed by atoms with E-state index >= 15 is 0 Å². The second-order valence-corrected chi connectivity index (χ2v) is 5.38. The van der Waals surface area contributed by atoms with Crippen LogP contribution in [0.2, 0.25) is 0 Å². The first-order chi connectivity index (χ1) is 8.67. The van der Waals surface area contributed by atoms with Gasteiger partial charge in [0.1, 0.15) is 18.0 Å². The molecular weight excluding hydrogens is 224 g/mol. The summed E-state index contributed by atoms with van der Waals surface area (Å²) in [6, 6.07) is 0. The molecule has 0 radical (unpaired) electrons. The van der Waals surface area contributed by atoms with Crippen molar-refractivity contribution in [2.24, 2.45) is 11.8 Å². The lowest BCUT2D eigenvalue weighted by atomic mass is 10.1. The van der Waals surface area contributed by atoms with Crippen LogP contribution in [0.4, 0.5) is 11.6 Å². The summed E-state index contributed by atoms with van der Waals surface area (Å²) in [5.74, 6) is 3.79. The maximum atomic E-state index is 4.49. The molecule has 18 heavy (non-hydrogen) atoms. The van der Waals surface area contributed by atoms with Crippen molar-refractivity contribution in [1.82, 2.24) is 9.97 Å². The van der Waals surface area contributed by atoms with Crippen LogP contribution >= 0.6 is 0 Å². The van der Waals surface area contributed by atoms with E-state index in [1.807, 2.05) is 7.05 Å². The van der Waals surface area contributed by atoms with E-state index in [4.69, 9.17) is 0 Å². The molecule has 0 aromatic carbocycles. The van der Waals surface area contributed by atoms with Gasteiger partial charge < -0.3 is 10.2 Å². The Hall–Kier alpha value is -1.32. The third kappa shape index (κ3) is 2.74. The van der Waals surface area contributed by atoms with E-state index in [9.17, 15) is 0 Å². The monoisotopic (exact) mass is 248 g/mol. The van der Waals surface area contributed by atoms with Crippen molar-refractivity contribution in [3.63, 3.8) is 0 Å². The van der Waals surface area contributed by atoms with E-state index in [1.54, 1.807) is 6.33 Å². The van der Waals surface area contributed by atoms with E-state index in [0.717, 1.165) is 42.9 Å². The Labute approximate surface area is 110 Å². The van der Waals surface area contributed by atoms with Gasteiger partial charge in [0.25, 0.3) is 0 Å². The van der Waals surface area contributed by atoms with Gasteiger partial charge in [-0.25, -0.2) is 9.97 Å². The first-order valence-electron chi connectivity index (χ1n) is 6.90. The third-order valence-corrected chi connectivity index (χ3v) is 3.81. The van der Waals surface area contributed by atoms with Gasteiger partial charge >= 0.3 is 0 Å². The van der Waals surface area contributed by atoms with Crippen LogP contribution in [-0.4, -0.2) is 30.6 Å². The summed E-state index contributed by atoms with van der Waals surface area (Å²) in [5.41, 5.74) is 1.25. The van der Waals surface area contributed by atoms with E-state index < -0.39 is 0 Å². The quantitative estimate of drug-likeness (QED) is 0.840. The summed E-state index contributed by atoms with van der Waals surface area (Å²) in [7, 11) is 4.07. The number of hydrogen-bond donors (Lipinski definition) is 1. The van der Waals surface area contributed by atoms with Crippen molar-refractivity contribution in [3.8, 4) is 0 Å². The highest BCUT2D eigenvalue weighted by atomic mass is 15.2. The summed E-state index contributed by atoms with van der Waals surface area (Å²) in [5, 5.41) is 3.18. The zero-order valence-corrected chi connectivity index (χ0v) is 11.9. The molecule has 4 nitrogen and oxygen atoms in total. The maximum Gasteiger partial charge on any atom is 0.137 e. The Balaban J connectivity index is 2.19. The van der Waals surface area contributed by atoms with E-state index in [-0.39, 0.29) is 0 Å². The molecule has 1 aromatic rings. The van der Waals surface area contributed by atoms with Gasteiger partial charge in [-0.3, -0.25) is 0 Å². The molecular formula is C14H24N4. The van der Waals surface area contributed by atoms with Gasteiger partial charge in [0.15, 0.2) is 0 Å². The average Bonchev–Trinajstić information content (AvgIpc) is 3.05. The predicted octanol–water partition coefficient (Wildman–Crippen LogP) is 2.56. The van der Waals surface area contributed by atoms with Gasteiger partial charge in [-0.15, -0.1) is 0 Å². The minimum absolute atomic E-state index is 0.845. The largest absolute Gasteiger partial charge is 0.373 e. The maximum absolute atomic E-state index is 4.49. The summed E-state index contributed by atoms with van der Waals surface area (Å²) in [6.45, 7) is 5.63. The molecule has 1 aromatic heterocycles. The van der Waals surface area contributed by atoms with Crippen molar-refractivity contribution in [2.75, 3.05) is 30.9 Å². The average molecular weight is 248 g/mol. The van der Waals surface area contributed by atoms with E-state index in [1.165, 1.54) is 12.0 Å². The lowest BCUT2D eigenvalue weighted by Crippen LogP contribution is -2.23. The molecule has 0 saturated heterocycles. The Kier molecular flexibility index (Phi) is 4.04. The first kappa shape index (κ1) is 13.1. The lowest BCUT2D eigenvalue weighted by Gasteiger charge is -2.22. The van der Waals surface area contributed by atoms with Gasteiger partial charge in [-0.2, -0.15) is 0 Å². The SMILES string of the molecule is CCCc1c(NC)ncnc1N(C)CC1CC1C. The summed E-state index contributed by atoms with van der Waals surface area (Å²) < 4.78 is 0. The van der Waals surface area contributed by atoms with Gasteiger partial charge in [-0.1, -0.05) is 20.3 Å². The molecule has 0 amide bonds. The fourth-order valence-electron chi connectivity index (χ4n) is 2.52. The Morgan fingerprint density at radius 2 is 2.17 bits per heavy atom. The van der Waals surface area contributed by atoms with Gasteiger partial charge in [-0.05, 0) is 24.7 Å². The zero-order valence-electron chi connectivity index (χ0n) is 11.9. The topological polar surface area (TPSA) is 41.1 Å². The van der Waals surface area contributed by atoms with Crippen LogP contribution < -0.4 is 10.2 Å². The van der Waals surface area contributed by atoms with Crippen molar-refractivity contribution in [1.29, 1.82) is 0 Å². The molecule has 1 aliphatic rings. The molecule has 2 unspecified atom stereocenters.